The number of nitrogens with zero attached hydrogens (tertiary/aromatic N) is 5. The lowest BCUT2D eigenvalue weighted by atomic mass is 10.1. The summed E-state index contributed by atoms with van der Waals surface area (Å²) >= 11 is 6.60. The average Bonchev–Trinajstić information content (AvgIpc) is 3.34. The molecule has 5 rings (SSSR count). The maximum Gasteiger partial charge on any atom is 0.253 e. The Morgan fingerprint density at radius 2 is 2.21 bits per heavy atom. The van der Waals surface area contributed by atoms with Gasteiger partial charge in [-0.05, 0) is 38.0 Å². The Balaban J connectivity index is 1.44. The van der Waals surface area contributed by atoms with Gasteiger partial charge < -0.3 is 26.0 Å². The minimum absolute atomic E-state index is 0.0864. The van der Waals surface area contributed by atoms with Crippen LogP contribution in [-0.2, 0) is 9.53 Å². The van der Waals surface area contributed by atoms with Crippen molar-refractivity contribution in [1.29, 1.82) is 0 Å². The summed E-state index contributed by atoms with van der Waals surface area (Å²) in [5.74, 6) is -0.101. The van der Waals surface area contributed by atoms with Crippen molar-refractivity contribution >= 4 is 40.3 Å². The zero-order valence-electron chi connectivity index (χ0n) is 21.2. The average molecular weight is 539 g/mol. The number of fused-ring (bicyclic) bond motifs is 1. The number of rotatable bonds is 6. The van der Waals surface area contributed by atoms with Crippen LogP contribution in [0.25, 0.3) is 22.3 Å². The molecule has 2 aliphatic heterocycles. The molecular formula is C26H31ClN8O3. The van der Waals surface area contributed by atoms with Crippen LogP contribution in [0.1, 0.15) is 36.2 Å². The number of anilines is 1. The first-order chi connectivity index (χ1) is 18.4. The zero-order chi connectivity index (χ0) is 26.8. The minimum atomic E-state index is -0.282. The summed E-state index contributed by atoms with van der Waals surface area (Å²) in [6, 6.07) is 4.89. The number of aromatic nitrogens is 4. The monoisotopic (exact) mass is 538 g/mol. The zero-order valence-corrected chi connectivity index (χ0v) is 21.9. The Hall–Kier alpha value is -3.54. The minimum Gasteiger partial charge on any atom is -0.383 e. The number of morpholine rings is 1. The Morgan fingerprint density at radius 3 is 2.95 bits per heavy atom. The smallest absolute Gasteiger partial charge is 0.253 e. The van der Waals surface area contributed by atoms with E-state index in [0.29, 0.717) is 59.9 Å². The van der Waals surface area contributed by atoms with Crippen molar-refractivity contribution in [3.05, 3.63) is 47.8 Å². The molecule has 3 atom stereocenters. The third-order valence-electron chi connectivity index (χ3n) is 7.11. The van der Waals surface area contributed by atoms with Gasteiger partial charge >= 0.3 is 0 Å². The number of nitrogens with one attached hydrogen (secondary N) is 2. The molecule has 2 aliphatic rings. The first-order valence-electron chi connectivity index (χ1n) is 12.7. The summed E-state index contributed by atoms with van der Waals surface area (Å²) in [7, 11) is 0. The van der Waals surface area contributed by atoms with Crippen molar-refractivity contribution < 1.29 is 14.3 Å². The maximum absolute atomic E-state index is 13.0. The van der Waals surface area contributed by atoms with Crippen molar-refractivity contribution in [2.45, 2.75) is 38.0 Å². The van der Waals surface area contributed by atoms with Gasteiger partial charge in [-0.2, -0.15) is 5.10 Å². The number of benzene rings is 1. The number of hydrogen-bond donors (Lipinski definition) is 3. The van der Waals surface area contributed by atoms with Crippen LogP contribution in [0.2, 0.25) is 5.02 Å². The number of nitrogen functional groups attached to an aromatic ring is 1. The number of carbonyl (C=O) groups excluding carboxylic acids is 2. The van der Waals surface area contributed by atoms with Crippen molar-refractivity contribution in [2.75, 3.05) is 38.5 Å². The predicted octanol–water partition coefficient (Wildman–Crippen LogP) is 2.19. The van der Waals surface area contributed by atoms with E-state index in [-0.39, 0.29) is 35.0 Å². The molecule has 1 aromatic carbocycles. The van der Waals surface area contributed by atoms with E-state index in [1.54, 1.807) is 23.1 Å². The van der Waals surface area contributed by atoms with Crippen LogP contribution >= 0.6 is 11.6 Å². The van der Waals surface area contributed by atoms with Gasteiger partial charge in [0.05, 0.1) is 40.8 Å². The van der Waals surface area contributed by atoms with Gasteiger partial charge in [0.2, 0.25) is 5.91 Å². The first kappa shape index (κ1) is 26.1. The topological polar surface area (TPSA) is 140 Å². The summed E-state index contributed by atoms with van der Waals surface area (Å²) in [5, 5.41) is 12.0. The van der Waals surface area contributed by atoms with E-state index in [0.717, 1.165) is 19.4 Å². The van der Waals surface area contributed by atoms with Crippen molar-refractivity contribution in [3.63, 3.8) is 0 Å². The molecule has 2 amide bonds. The molecule has 0 radical (unpaired) electrons. The molecule has 11 nitrogen and oxygen atoms in total. The highest BCUT2D eigenvalue weighted by Gasteiger charge is 2.29. The number of nitrogens with two attached hydrogens (primary N) is 1. The molecule has 0 spiro atoms. The Morgan fingerprint density at radius 1 is 1.37 bits per heavy atom. The number of ether oxygens (including phenoxy) is 1. The highest BCUT2D eigenvalue weighted by Crippen LogP contribution is 2.35. The second-order valence-corrected chi connectivity index (χ2v) is 10.0. The molecule has 2 aromatic heterocycles. The molecule has 4 heterocycles. The molecule has 2 saturated heterocycles. The van der Waals surface area contributed by atoms with E-state index in [1.165, 1.54) is 12.4 Å². The maximum atomic E-state index is 13.0. The first-order valence-corrected chi connectivity index (χ1v) is 13.1. The number of likely N-dealkylation sites (tertiary alicyclic amines) is 1. The van der Waals surface area contributed by atoms with Crippen LogP contribution in [-0.4, -0.2) is 81.4 Å². The molecule has 38 heavy (non-hydrogen) atoms. The standard InChI is InChI=1S/C26H31ClN8O3/c1-3-21(36)34-9-4-5-17(13-34)35-25-22(24(28)30-14-31-25)23(33-35)16-6-7-18(19(27)11-16)26(37)32-15(2)20-12-29-8-10-38-20/h3,6-7,11,14-15,17,20,29H,1,4-5,8-10,12-13H2,2H3,(H,32,37)(H2,28,30,31). The second kappa shape index (κ2) is 11.1. The predicted molar refractivity (Wildman–Crippen MR) is 145 cm³/mol. The van der Waals surface area contributed by atoms with Crippen LogP contribution in [0, 0.1) is 0 Å². The fourth-order valence-corrected chi connectivity index (χ4v) is 5.33. The van der Waals surface area contributed by atoms with E-state index in [4.69, 9.17) is 27.2 Å². The summed E-state index contributed by atoms with van der Waals surface area (Å²) < 4.78 is 7.56. The van der Waals surface area contributed by atoms with Gasteiger partial charge in [-0.25, -0.2) is 14.6 Å². The number of piperidine rings is 1. The van der Waals surface area contributed by atoms with Gasteiger partial charge in [0, 0.05) is 31.7 Å². The van der Waals surface area contributed by atoms with Gasteiger partial charge in [-0.3, -0.25) is 9.59 Å². The SMILES string of the molecule is C=CC(=O)N1CCCC(n2nc(-c3ccc(C(=O)NC(C)C4CNCCO4)c(Cl)c3)c3c(N)ncnc32)C1. The molecule has 0 saturated carbocycles. The van der Waals surface area contributed by atoms with Crippen LogP contribution in [0.5, 0.6) is 0 Å². The van der Waals surface area contributed by atoms with Crippen molar-refractivity contribution in [2.24, 2.45) is 0 Å². The molecule has 0 bridgehead atoms. The van der Waals surface area contributed by atoms with Gasteiger partial charge in [-0.1, -0.05) is 24.2 Å². The fraction of sp³-hybridized carbons (Fsp3) is 0.423. The molecule has 3 unspecified atom stereocenters. The molecule has 0 aliphatic carbocycles. The van der Waals surface area contributed by atoms with Crippen LogP contribution in [0.3, 0.4) is 0 Å². The van der Waals surface area contributed by atoms with E-state index in [9.17, 15) is 9.59 Å². The lowest BCUT2D eigenvalue weighted by molar-refractivity contribution is -0.127. The molecule has 3 aromatic rings. The van der Waals surface area contributed by atoms with Crippen LogP contribution in [0.4, 0.5) is 5.82 Å². The Kier molecular flexibility index (Phi) is 7.59. The van der Waals surface area contributed by atoms with Crippen molar-refractivity contribution in [3.8, 4) is 11.3 Å². The Labute approximate surface area is 225 Å². The number of hydrogen-bond acceptors (Lipinski definition) is 8. The third-order valence-corrected chi connectivity index (χ3v) is 7.42. The normalized spacial score (nSPS) is 20.7. The van der Waals surface area contributed by atoms with Gasteiger partial charge in [-0.15, -0.1) is 0 Å². The molecular weight excluding hydrogens is 508 g/mol. The summed E-state index contributed by atoms with van der Waals surface area (Å²) in [4.78, 5) is 35.6. The largest absolute Gasteiger partial charge is 0.383 e. The third kappa shape index (κ3) is 5.09. The lowest BCUT2D eigenvalue weighted by Gasteiger charge is -2.32. The van der Waals surface area contributed by atoms with E-state index >= 15 is 0 Å². The molecule has 4 N–H and O–H groups in total. The van der Waals surface area contributed by atoms with Crippen LogP contribution < -0.4 is 16.4 Å². The summed E-state index contributed by atoms with van der Waals surface area (Å²) in [5.41, 5.74) is 8.46. The summed E-state index contributed by atoms with van der Waals surface area (Å²) in [6.07, 6.45) is 4.29. The van der Waals surface area contributed by atoms with Crippen molar-refractivity contribution in [1.82, 2.24) is 35.3 Å². The highest BCUT2D eigenvalue weighted by atomic mass is 35.5. The molecule has 2 fully saturated rings. The van der Waals surface area contributed by atoms with E-state index < -0.39 is 0 Å². The highest BCUT2D eigenvalue weighted by molar-refractivity contribution is 6.34. The fourth-order valence-electron chi connectivity index (χ4n) is 5.07. The Bertz CT molecular complexity index is 1370. The number of amides is 2. The van der Waals surface area contributed by atoms with Crippen LogP contribution in [0.15, 0.2) is 37.2 Å². The van der Waals surface area contributed by atoms with Gasteiger partial charge in [0.25, 0.3) is 5.91 Å². The molecule has 12 heteroatoms. The number of carbonyl (C=O) groups is 2. The van der Waals surface area contributed by atoms with E-state index in [1.807, 2.05) is 11.6 Å². The lowest BCUT2D eigenvalue weighted by Crippen LogP contribution is -2.50. The van der Waals surface area contributed by atoms with Gasteiger partial charge in [0.15, 0.2) is 5.65 Å². The quantitative estimate of drug-likeness (QED) is 0.406. The second-order valence-electron chi connectivity index (χ2n) is 9.61. The number of halogens is 1. The molecule has 200 valence electrons. The summed E-state index contributed by atoms with van der Waals surface area (Å²) in [6.45, 7) is 8.76. The van der Waals surface area contributed by atoms with Gasteiger partial charge in [0.1, 0.15) is 17.8 Å². The van der Waals surface area contributed by atoms with E-state index in [2.05, 4.69) is 27.2 Å².